The van der Waals surface area contributed by atoms with E-state index in [0.717, 1.165) is 6.42 Å². The van der Waals surface area contributed by atoms with E-state index in [2.05, 4.69) is 12.2 Å². The van der Waals surface area contributed by atoms with Gasteiger partial charge in [-0.2, -0.15) is 0 Å². The van der Waals surface area contributed by atoms with Gasteiger partial charge in [0.15, 0.2) is 0 Å². The zero-order chi connectivity index (χ0) is 15.0. The van der Waals surface area contributed by atoms with E-state index in [1.54, 1.807) is 25.3 Å². The number of ether oxygens (including phenoxy) is 2. The first kappa shape index (κ1) is 17.5. The van der Waals surface area contributed by atoms with Gasteiger partial charge in [-0.05, 0) is 24.6 Å². The van der Waals surface area contributed by atoms with Gasteiger partial charge < -0.3 is 19.9 Å². The van der Waals surface area contributed by atoms with Crippen LogP contribution in [0.3, 0.4) is 0 Å². The van der Waals surface area contributed by atoms with Crippen LogP contribution in [0.25, 0.3) is 0 Å². The van der Waals surface area contributed by atoms with Gasteiger partial charge in [0.05, 0.1) is 11.6 Å². The zero-order valence-electron chi connectivity index (χ0n) is 11.7. The Morgan fingerprint density at radius 3 is 2.65 bits per heavy atom. The van der Waals surface area contributed by atoms with E-state index in [0.29, 0.717) is 28.9 Å². The van der Waals surface area contributed by atoms with Crippen LogP contribution >= 0.6 is 23.2 Å². The van der Waals surface area contributed by atoms with E-state index in [1.807, 2.05) is 0 Å². The van der Waals surface area contributed by atoms with E-state index in [-0.39, 0.29) is 12.6 Å². The third kappa shape index (κ3) is 6.29. The fourth-order valence-corrected chi connectivity index (χ4v) is 2.13. The Labute approximate surface area is 130 Å². The molecule has 1 aromatic carbocycles. The van der Waals surface area contributed by atoms with Crippen LogP contribution in [0, 0.1) is 0 Å². The number of nitrogens with one attached hydrogen (secondary N) is 1. The van der Waals surface area contributed by atoms with Gasteiger partial charge in [-0.15, -0.1) is 0 Å². The molecule has 0 amide bonds. The molecular formula is C14H21Cl2NO3. The van der Waals surface area contributed by atoms with Crippen molar-refractivity contribution in [3.8, 4) is 5.75 Å². The van der Waals surface area contributed by atoms with Crippen molar-refractivity contribution >= 4 is 23.2 Å². The molecule has 0 saturated heterocycles. The Morgan fingerprint density at radius 1 is 1.30 bits per heavy atom. The lowest BCUT2D eigenvalue weighted by atomic mass is 10.2. The number of aliphatic hydroxyl groups excluding tert-OH is 1. The van der Waals surface area contributed by atoms with E-state index >= 15 is 0 Å². The normalized spacial score (nSPS) is 14.1. The highest BCUT2D eigenvalue weighted by Gasteiger charge is 2.11. The molecule has 0 aliphatic heterocycles. The number of hydrogen-bond acceptors (Lipinski definition) is 4. The third-order valence-electron chi connectivity index (χ3n) is 2.83. The maximum atomic E-state index is 9.87. The SMILES string of the molecule is CCC(COC)NCC(O)COc1ccc(Cl)cc1Cl. The van der Waals surface area contributed by atoms with Gasteiger partial charge in [0.2, 0.25) is 0 Å². The Balaban J connectivity index is 2.33. The average molecular weight is 322 g/mol. The summed E-state index contributed by atoms with van der Waals surface area (Å²) in [7, 11) is 1.66. The highest BCUT2D eigenvalue weighted by atomic mass is 35.5. The van der Waals surface area contributed by atoms with Gasteiger partial charge >= 0.3 is 0 Å². The predicted molar refractivity (Wildman–Crippen MR) is 81.9 cm³/mol. The number of hydrogen-bond donors (Lipinski definition) is 2. The molecule has 0 aromatic heterocycles. The maximum absolute atomic E-state index is 9.87. The summed E-state index contributed by atoms with van der Waals surface area (Å²) >= 11 is 11.8. The molecule has 0 saturated carbocycles. The average Bonchev–Trinajstić information content (AvgIpc) is 2.42. The van der Waals surface area contributed by atoms with Crippen LogP contribution in [0.5, 0.6) is 5.75 Å². The summed E-state index contributed by atoms with van der Waals surface area (Å²) in [4.78, 5) is 0. The largest absolute Gasteiger partial charge is 0.489 e. The molecule has 0 bridgehead atoms. The summed E-state index contributed by atoms with van der Waals surface area (Å²) in [5.74, 6) is 0.513. The van der Waals surface area contributed by atoms with Crippen molar-refractivity contribution in [1.82, 2.24) is 5.32 Å². The van der Waals surface area contributed by atoms with Crippen LogP contribution in [-0.4, -0.2) is 44.1 Å². The standard InChI is InChI=1S/C14H21Cl2NO3/c1-3-11(8-19-2)17-7-12(18)9-20-14-5-4-10(15)6-13(14)16/h4-6,11-12,17-18H,3,7-9H2,1-2H3. The van der Waals surface area contributed by atoms with Gasteiger partial charge in [-0.1, -0.05) is 30.1 Å². The zero-order valence-corrected chi connectivity index (χ0v) is 13.2. The molecule has 1 rings (SSSR count). The van der Waals surface area contributed by atoms with Crippen LogP contribution in [0.1, 0.15) is 13.3 Å². The molecule has 2 N–H and O–H groups in total. The highest BCUT2D eigenvalue weighted by Crippen LogP contribution is 2.27. The van der Waals surface area contributed by atoms with Crippen molar-refractivity contribution in [2.75, 3.05) is 26.9 Å². The number of aliphatic hydroxyl groups is 1. The second kappa shape index (κ2) is 9.42. The van der Waals surface area contributed by atoms with Crippen molar-refractivity contribution in [3.63, 3.8) is 0 Å². The lowest BCUT2D eigenvalue weighted by Crippen LogP contribution is -2.40. The molecule has 1 aromatic rings. The minimum atomic E-state index is -0.618. The molecule has 0 aliphatic rings. The van der Waals surface area contributed by atoms with E-state index in [4.69, 9.17) is 32.7 Å². The molecule has 114 valence electrons. The molecule has 2 atom stereocenters. The molecule has 20 heavy (non-hydrogen) atoms. The summed E-state index contributed by atoms with van der Waals surface area (Å²) in [5.41, 5.74) is 0. The molecule has 0 aliphatic carbocycles. The Hall–Kier alpha value is -0.520. The molecule has 0 radical (unpaired) electrons. The van der Waals surface area contributed by atoms with Crippen LogP contribution in [-0.2, 0) is 4.74 Å². The minimum absolute atomic E-state index is 0.164. The van der Waals surface area contributed by atoms with Gasteiger partial charge in [-0.25, -0.2) is 0 Å². The smallest absolute Gasteiger partial charge is 0.138 e. The summed E-state index contributed by atoms with van der Waals surface area (Å²) in [6, 6.07) is 5.21. The lowest BCUT2D eigenvalue weighted by Gasteiger charge is -2.19. The molecule has 2 unspecified atom stereocenters. The predicted octanol–water partition coefficient (Wildman–Crippen LogP) is 2.75. The number of benzene rings is 1. The third-order valence-corrected chi connectivity index (χ3v) is 3.36. The van der Waals surface area contributed by atoms with Crippen molar-refractivity contribution in [2.24, 2.45) is 0 Å². The molecule has 0 heterocycles. The number of rotatable bonds is 9. The minimum Gasteiger partial charge on any atom is -0.489 e. The van der Waals surface area contributed by atoms with Crippen LogP contribution in [0.2, 0.25) is 10.0 Å². The molecule has 4 nitrogen and oxygen atoms in total. The summed E-state index contributed by atoms with van der Waals surface area (Å²) in [5, 5.41) is 14.1. The monoisotopic (exact) mass is 321 g/mol. The van der Waals surface area contributed by atoms with Crippen molar-refractivity contribution in [1.29, 1.82) is 0 Å². The van der Waals surface area contributed by atoms with Gasteiger partial charge in [0, 0.05) is 24.7 Å². The summed E-state index contributed by atoms with van der Waals surface area (Å²) < 4.78 is 10.5. The second-order valence-electron chi connectivity index (χ2n) is 4.51. The van der Waals surface area contributed by atoms with Crippen molar-refractivity contribution < 1.29 is 14.6 Å². The van der Waals surface area contributed by atoms with Crippen LogP contribution in [0.4, 0.5) is 0 Å². The highest BCUT2D eigenvalue weighted by molar-refractivity contribution is 6.35. The first-order valence-electron chi connectivity index (χ1n) is 6.55. The molecule has 6 heteroatoms. The van der Waals surface area contributed by atoms with Gasteiger partial charge in [0.25, 0.3) is 0 Å². The van der Waals surface area contributed by atoms with Crippen LogP contribution in [0.15, 0.2) is 18.2 Å². The van der Waals surface area contributed by atoms with Crippen LogP contribution < -0.4 is 10.1 Å². The Bertz CT molecular complexity index is 404. The first-order chi connectivity index (χ1) is 9.56. The summed E-state index contributed by atoms with van der Waals surface area (Å²) in [6.07, 6.45) is 0.317. The Morgan fingerprint density at radius 2 is 2.05 bits per heavy atom. The lowest BCUT2D eigenvalue weighted by molar-refractivity contribution is 0.0953. The van der Waals surface area contributed by atoms with Gasteiger partial charge in [-0.3, -0.25) is 0 Å². The number of methoxy groups -OCH3 is 1. The van der Waals surface area contributed by atoms with E-state index < -0.39 is 6.10 Å². The second-order valence-corrected chi connectivity index (χ2v) is 5.35. The van der Waals surface area contributed by atoms with E-state index in [1.165, 1.54) is 0 Å². The summed E-state index contributed by atoms with van der Waals surface area (Å²) in [6.45, 7) is 3.28. The Kier molecular flexibility index (Phi) is 8.26. The van der Waals surface area contributed by atoms with Crippen molar-refractivity contribution in [2.45, 2.75) is 25.5 Å². The quantitative estimate of drug-likeness (QED) is 0.734. The topological polar surface area (TPSA) is 50.7 Å². The number of halogens is 2. The van der Waals surface area contributed by atoms with E-state index in [9.17, 15) is 5.11 Å². The first-order valence-corrected chi connectivity index (χ1v) is 7.30. The maximum Gasteiger partial charge on any atom is 0.138 e. The fourth-order valence-electron chi connectivity index (χ4n) is 1.66. The van der Waals surface area contributed by atoms with Gasteiger partial charge in [0.1, 0.15) is 18.5 Å². The van der Waals surface area contributed by atoms with Crippen molar-refractivity contribution in [3.05, 3.63) is 28.2 Å². The fraction of sp³-hybridized carbons (Fsp3) is 0.571. The molecule has 0 spiro atoms. The molecular weight excluding hydrogens is 301 g/mol. The molecule has 0 fully saturated rings.